The van der Waals surface area contributed by atoms with Crippen LogP contribution in [0.2, 0.25) is 5.02 Å². The summed E-state index contributed by atoms with van der Waals surface area (Å²) >= 11 is 5.95. The fourth-order valence-corrected chi connectivity index (χ4v) is 2.22. The van der Waals surface area contributed by atoms with Crippen molar-refractivity contribution < 1.29 is 4.74 Å². The normalized spacial score (nSPS) is 10.8. The van der Waals surface area contributed by atoms with Gasteiger partial charge in [-0.15, -0.1) is 0 Å². The molecule has 3 rings (SSSR count). The predicted octanol–water partition coefficient (Wildman–Crippen LogP) is 3.88. The van der Waals surface area contributed by atoms with E-state index in [9.17, 15) is 0 Å². The SMILES string of the molecule is Cc1cn2cccc(OCc3cccc(Cl)c3)c2n1. The minimum atomic E-state index is 0.478. The minimum Gasteiger partial charge on any atom is -0.485 e. The number of aromatic nitrogens is 2. The highest BCUT2D eigenvalue weighted by molar-refractivity contribution is 6.30. The summed E-state index contributed by atoms with van der Waals surface area (Å²) in [5, 5.41) is 0.718. The molecule has 0 fully saturated rings. The molecule has 19 heavy (non-hydrogen) atoms. The van der Waals surface area contributed by atoms with Crippen molar-refractivity contribution in [2.45, 2.75) is 13.5 Å². The molecule has 2 heterocycles. The molecular weight excluding hydrogens is 260 g/mol. The summed E-state index contributed by atoms with van der Waals surface area (Å²) in [4.78, 5) is 4.45. The van der Waals surface area contributed by atoms with Crippen molar-refractivity contribution in [3.63, 3.8) is 0 Å². The van der Waals surface area contributed by atoms with Crippen LogP contribution in [0.4, 0.5) is 0 Å². The van der Waals surface area contributed by atoms with Crippen molar-refractivity contribution >= 4 is 17.2 Å². The molecule has 0 bridgehead atoms. The number of pyridine rings is 1. The lowest BCUT2D eigenvalue weighted by atomic mass is 10.2. The number of fused-ring (bicyclic) bond motifs is 1. The molecule has 0 atom stereocenters. The van der Waals surface area contributed by atoms with Crippen LogP contribution in [0.15, 0.2) is 48.8 Å². The van der Waals surface area contributed by atoms with Crippen molar-refractivity contribution in [3.05, 3.63) is 65.1 Å². The van der Waals surface area contributed by atoms with Gasteiger partial charge in [-0.25, -0.2) is 4.98 Å². The van der Waals surface area contributed by atoms with Gasteiger partial charge in [0.25, 0.3) is 0 Å². The maximum Gasteiger partial charge on any atom is 0.179 e. The number of aryl methyl sites for hydroxylation is 1. The summed E-state index contributed by atoms with van der Waals surface area (Å²) in [5.74, 6) is 0.774. The predicted molar refractivity (Wildman–Crippen MR) is 75.7 cm³/mol. The van der Waals surface area contributed by atoms with E-state index in [2.05, 4.69) is 4.98 Å². The molecule has 3 nitrogen and oxygen atoms in total. The molecule has 1 aromatic carbocycles. The zero-order valence-corrected chi connectivity index (χ0v) is 11.3. The molecule has 2 aromatic heterocycles. The van der Waals surface area contributed by atoms with Gasteiger partial charge in [0.15, 0.2) is 11.4 Å². The quantitative estimate of drug-likeness (QED) is 0.723. The number of nitrogens with zero attached hydrogens (tertiary/aromatic N) is 2. The highest BCUT2D eigenvalue weighted by Gasteiger charge is 2.05. The Morgan fingerprint density at radius 1 is 1.26 bits per heavy atom. The first kappa shape index (κ1) is 12.1. The lowest BCUT2D eigenvalue weighted by Crippen LogP contribution is -1.97. The van der Waals surface area contributed by atoms with Crippen LogP contribution in [-0.2, 0) is 6.61 Å². The molecule has 0 aliphatic carbocycles. The van der Waals surface area contributed by atoms with Crippen LogP contribution in [0.1, 0.15) is 11.3 Å². The lowest BCUT2D eigenvalue weighted by Gasteiger charge is -2.07. The third kappa shape index (κ3) is 2.56. The molecule has 0 spiro atoms. The maximum absolute atomic E-state index is 5.95. The van der Waals surface area contributed by atoms with E-state index in [-0.39, 0.29) is 0 Å². The van der Waals surface area contributed by atoms with E-state index in [1.807, 2.05) is 60.1 Å². The molecule has 0 saturated heterocycles. The first-order valence-corrected chi connectivity index (χ1v) is 6.42. The molecule has 0 aliphatic rings. The first-order chi connectivity index (χ1) is 9.22. The average molecular weight is 273 g/mol. The molecule has 0 aliphatic heterocycles. The molecule has 96 valence electrons. The molecule has 0 radical (unpaired) electrons. The number of halogens is 1. The van der Waals surface area contributed by atoms with E-state index in [1.54, 1.807) is 0 Å². The Balaban J connectivity index is 1.85. The number of hydrogen-bond acceptors (Lipinski definition) is 2. The Hall–Kier alpha value is -2.00. The minimum absolute atomic E-state index is 0.478. The Kier molecular flexibility index (Phi) is 3.13. The van der Waals surface area contributed by atoms with Crippen LogP contribution in [0.5, 0.6) is 5.75 Å². The summed E-state index contributed by atoms with van der Waals surface area (Å²) in [6, 6.07) is 11.5. The number of imidazole rings is 1. The smallest absolute Gasteiger partial charge is 0.179 e. The van der Waals surface area contributed by atoms with Crippen LogP contribution in [0.3, 0.4) is 0 Å². The van der Waals surface area contributed by atoms with Gasteiger partial charge in [0.2, 0.25) is 0 Å². The van der Waals surface area contributed by atoms with Gasteiger partial charge in [0, 0.05) is 17.4 Å². The van der Waals surface area contributed by atoms with E-state index in [1.165, 1.54) is 0 Å². The summed E-state index contributed by atoms with van der Waals surface area (Å²) in [6.07, 6.45) is 3.93. The fraction of sp³-hybridized carbons (Fsp3) is 0.133. The summed E-state index contributed by atoms with van der Waals surface area (Å²) in [5.41, 5.74) is 2.85. The van der Waals surface area contributed by atoms with E-state index in [4.69, 9.17) is 16.3 Å². The van der Waals surface area contributed by atoms with E-state index < -0.39 is 0 Å². The maximum atomic E-state index is 5.95. The van der Waals surface area contributed by atoms with Crippen molar-refractivity contribution in [2.75, 3.05) is 0 Å². The van der Waals surface area contributed by atoms with E-state index in [0.29, 0.717) is 6.61 Å². The van der Waals surface area contributed by atoms with Crippen LogP contribution < -0.4 is 4.74 Å². The molecule has 0 unspecified atom stereocenters. The monoisotopic (exact) mass is 272 g/mol. The summed E-state index contributed by atoms with van der Waals surface area (Å²) < 4.78 is 7.79. The Morgan fingerprint density at radius 2 is 2.16 bits per heavy atom. The first-order valence-electron chi connectivity index (χ1n) is 6.04. The molecule has 0 saturated carbocycles. The van der Waals surface area contributed by atoms with Gasteiger partial charge in [-0.2, -0.15) is 0 Å². The largest absolute Gasteiger partial charge is 0.485 e. The summed E-state index contributed by atoms with van der Waals surface area (Å²) in [7, 11) is 0. The van der Waals surface area contributed by atoms with Crippen molar-refractivity contribution in [1.29, 1.82) is 0 Å². The van der Waals surface area contributed by atoms with Gasteiger partial charge >= 0.3 is 0 Å². The second-order valence-corrected chi connectivity index (χ2v) is 4.84. The Labute approximate surface area is 116 Å². The van der Waals surface area contributed by atoms with Crippen LogP contribution in [0, 0.1) is 6.92 Å². The second-order valence-electron chi connectivity index (χ2n) is 4.40. The zero-order chi connectivity index (χ0) is 13.2. The standard InChI is InChI=1S/C15H13ClN2O/c1-11-9-18-7-3-6-14(15(18)17-11)19-10-12-4-2-5-13(16)8-12/h2-9H,10H2,1H3. The molecular formula is C15H13ClN2O. The van der Waals surface area contributed by atoms with Gasteiger partial charge < -0.3 is 9.14 Å². The topological polar surface area (TPSA) is 26.5 Å². The molecule has 0 amide bonds. The third-order valence-corrected chi connectivity index (χ3v) is 3.09. The van der Waals surface area contributed by atoms with Crippen molar-refractivity contribution in [2.24, 2.45) is 0 Å². The van der Waals surface area contributed by atoms with Gasteiger partial charge in [0.05, 0.1) is 5.69 Å². The molecule has 4 heteroatoms. The van der Waals surface area contributed by atoms with Crippen LogP contribution in [-0.4, -0.2) is 9.38 Å². The van der Waals surface area contributed by atoms with E-state index >= 15 is 0 Å². The van der Waals surface area contributed by atoms with Crippen molar-refractivity contribution in [1.82, 2.24) is 9.38 Å². The van der Waals surface area contributed by atoms with Crippen molar-refractivity contribution in [3.8, 4) is 5.75 Å². The van der Waals surface area contributed by atoms with E-state index in [0.717, 1.165) is 27.7 Å². The van der Waals surface area contributed by atoms with Gasteiger partial charge in [0.1, 0.15) is 6.61 Å². The highest BCUT2D eigenvalue weighted by atomic mass is 35.5. The lowest BCUT2D eigenvalue weighted by molar-refractivity contribution is 0.308. The molecule has 0 N–H and O–H groups in total. The zero-order valence-electron chi connectivity index (χ0n) is 10.5. The van der Waals surface area contributed by atoms with Crippen LogP contribution in [0.25, 0.3) is 5.65 Å². The van der Waals surface area contributed by atoms with Gasteiger partial charge in [-0.3, -0.25) is 0 Å². The Bertz CT molecular complexity index is 721. The number of hydrogen-bond donors (Lipinski definition) is 0. The second kappa shape index (κ2) is 4.94. The highest BCUT2D eigenvalue weighted by Crippen LogP contribution is 2.20. The van der Waals surface area contributed by atoms with Crippen LogP contribution >= 0.6 is 11.6 Å². The van der Waals surface area contributed by atoms with Gasteiger partial charge in [-0.1, -0.05) is 23.7 Å². The number of ether oxygens (including phenoxy) is 1. The molecule has 3 aromatic rings. The average Bonchev–Trinajstić information content (AvgIpc) is 2.77. The summed E-state index contributed by atoms with van der Waals surface area (Å²) in [6.45, 7) is 2.44. The fourth-order valence-electron chi connectivity index (χ4n) is 2.01. The number of rotatable bonds is 3. The number of benzene rings is 1. The third-order valence-electron chi connectivity index (χ3n) is 2.85. The van der Waals surface area contributed by atoms with Gasteiger partial charge in [-0.05, 0) is 36.8 Å². The Morgan fingerprint density at radius 3 is 3.00 bits per heavy atom.